The Bertz CT molecular complexity index is 606. The monoisotopic (exact) mass is 320 g/mol. The Labute approximate surface area is 137 Å². The van der Waals surface area contributed by atoms with Crippen molar-refractivity contribution >= 4 is 11.7 Å². The fourth-order valence-corrected chi connectivity index (χ4v) is 2.53. The van der Waals surface area contributed by atoms with Crippen LogP contribution in [0.2, 0.25) is 0 Å². The van der Waals surface area contributed by atoms with Crippen molar-refractivity contribution in [1.82, 2.24) is 4.90 Å². The highest BCUT2D eigenvalue weighted by molar-refractivity contribution is 5.72. The Morgan fingerprint density at radius 3 is 2.65 bits per heavy atom. The highest BCUT2D eigenvalue weighted by Gasteiger charge is 2.24. The van der Waals surface area contributed by atoms with E-state index in [0.29, 0.717) is 38.0 Å². The van der Waals surface area contributed by atoms with E-state index in [1.165, 1.54) is 0 Å². The van der Waals surface area contributed by atoms with Crippen LogP contribution in [-0.2, 0) is 11.2 Å². The molecule has 126 valence electrons. The highest BCUT2D eigenvalue weighted by Crippen LogP contribution is 2.25. The Morgan fingerprint density at radius 1 is 1.39 bits per heavy atom. The molecule has 5 heteroatoms. The standard InChI is InChI=1S/C18H25FN2O2/c1-18(2,3)23-17(22)21-10-7-13(8-11-21)15-5-4-14(6-9-20)16(19)12-15/h4-5,7,12H,6,8-11,20H2,1-3H3. The lowest BCUT2D eigenvalue weighted by Crippen LogP contribution is -2.39. The number of carbonyl (C=O) groups is 1. The summed E-state index contributed by atoms with van der Waals surface area (Å²) in [6.07, 6.45) is 2.88. The van der Waals surface area contributed by atoms with E-state index >= 15 is 0 Å². The normalized spacial score (nSPS) is 15.3. The van der Waals surface area contributed by atoms with E-state index in [2.05, 4.69) is 0 Å². The van der Waals surface area contributed by atoms with Gasteiger partial charge in [0.25, 0.3) is 0 Å². The number of hydrogen-bond donors (Lipinski definition) is 1. The van der Waals surface area contributed by atoms with Gasteiger partial charge in [-0.25, -0.2) is 9.18 Å². The third kappa shape index (κ3) is 4.79. The Morgan fingerprint density at radius 2 is 2.13 bits per heavy atom. The summed E-state index contributed by atoms with van der Waals surface area (Å²) in [6.45, 7) is 7.04. The number of rotatable bonds is 3. The Hall–Kier alpha value is -1.88. The van der Waals surface area contributed by atoms with Gasteiger partial charge < -0.3 is 15.4 Å². The van der Waals surface area contributed by atoms with Gasteiger partial charge in [0.05, 0.1) is 0 Å². The van der Waals surface area contributed by atoms with E-state index in [9.17, 15) is 9.18 Å². The molecule has 1 amide bonds. The fraction of sp³-hybridized carbons (Fsp3) is 0.500. The second-order valence-electron chi connectivity index (χ2n) is 6.75. The molecule has 0 bridgehead atoms. The maximum Gasteiger partial charge on any atom is 0.410 e. The summed E-state index contributed by atoms with van der Waals surface area (Å²) in [4.78, 5) is 13.7. The molecule has 1 aromatic carbocycles. The zero-order valence-electron chi connectivity index (χ0n) is 14.1. The van der Waals surface area contributed by atoms with Crippen LogP contribution in [0.25, 0.3) is 5.57 Å². The molecule has 0 unspecified atom stereocenters. The summed E-state index contributed by atoms with van der Waals surface area (Å²) >= 11 is 0. The lowest BCUT2D eigenvalue weighted by atomic mass is 9.97. The molecular weight excluding hydrogens is 295 g/mol. The number of nitrogens with two attached hydrogens (primary N) is 1. The summed E-state index contributed by atoms with van der Waals surface area (Å²) in [5.41, 5.74) is 7.54. The van der Waals surface area contributed by atoms with Crippen LogP contribution < -0.4 is 5.73 Å². The molecule has 1 aliphatic heterocycles. The number of carbonyl (C=O) groups excluding carboxylic acids is 1. The minimum absolute atomic E-state index is 0.219. The van der Waals surface area contributed by atoms with E-state index in [1.807, 2.05) is 32.9 Å². The number of hydrogen-bond acceptors (Lipinski definition) is 3. The first-order chi connectivity index (χ1) is 10.8. The van der Waals surface area contributed by atoms with E-state index in [1.54, 1.807) is 17.0 Å². The van der Waals surface area contributed by atoms with Gasteiger partial charge in [0.1, 0.15) is 11.4 Å². The van der Waals surface area contributed by atoms with Crippen molar-refractivity contribution in [3.05, 3.63) is 41.2 Å². The molecule has 1 heterocycles. The largest absolute Gasteiger partial charge is 0.444 e. The third-order valence-electron chi connectivity index (χ3n) is 3.70. The molecule has 0 aliphatic carbocycles. The lowest BCUT2D eigenvalue weighted by molar-refractivity contribution is 0.0270. The van der Waals surface area contributed by atoms with Crippen molar-refractivity contribution in [3.63, 3.8) is 0 Å². The van der Waals surface area contributed by atoms with Gasteiger partial charge in [0.2, 0.25) is 0 Å². The van der Waals surface area contributed by atoms with E-state index in [-0.39, 0.29) is 11.9 Å². The molecule has 0 spiro atoms. The van der Waals surface area contributed by atoms with Gasteiger partial charge in [0.15, 0.2) is 0 Å². The fourth-order valence-electron chi connectivity index (χ4n) is 2.53. The predicted molar refractivity (Wildman–Crippen MR) is 89.6 cm³/mol. The molecule has 0 atom stereocenters. The Kier molecular flexibility index (Phi) is 5.42. The van der Waals surface area contributed by atoms with Gasteiger partial charge in [-0.1, -0.05) is 18.2 Å². The Balaban J connectivity index is 2.04. The topological polar surface area (TPSA) is 55.6 Å². The van der Waals surface area contributed by atoms with Crippen molar-refractivity contribution < 1.29 is 13.9 Å². The molecule has 1 aromatic rings. The molecule has 23 heavy (non-hydrogen) atoms. The van der Waals surface area contributed by atoms with Gasteiger partial charge in [-0.2, -0.15) is 0 Å². The molecule has 0 radical (unpaired) electrons. The molecule has 2 rings (SSSR count). The molecule has 1 aliphatic rings. The van der Waals surface area contributed by atoms with Crippen LogP contribution >= 0.6 is 0 Å². The minimum atomic E-state index is -0.497. The summed E-state index contributed by atoms with van der Waals surface area (Å²) in [7, 11) is 0. The maximum absolute atomic E-state index is 14.0. The van der Waals surface area contributed by atoms with Gasteiger partial charge in [-0.15, -0.1) is 0 Å². The third-order valence-corrected chi connectivity index (χ3v) is 3.70. The molecule has 0 saturated carbocycles. The number of ether oxygens (including phenoxy) is 1. The van der Waals surface area contributed by atoms with Crippen LogP contribution in [0.15, 0.2) is 24.3 Å². The van der Waals surface area contributed by atoms with Gasteiger partial charge >= 0.3 is 6.09 Å². The van der Waals surface area contributed by atoms with Crippen LogP contribution in [0.5, 0.6) is 0 Å². The molecular formula is C18H25FN2O2. The van der Waals surface area contributed by atoms with Gasteiger partial charge in [0, 0.05) is 13.1 Å². The molecule has 0 saturated heterocycles. The average molecular weight is 320 g/mol. The second-order valence-corrected chi connectivity index (χ2v) is 6.75. The molecule has 0 aromatic heterocycles. The predicted octanol–water partition coefficient (Wildman–Crippen LogP) is 3.35. The van der Waals surface area contributed by atoms with E-state index in [4.69, 9.17) is 10.5 Å². The zero-order chi connectivity index (χ0) is 17.0. The summed E-state index contributed by atoms with van der Waals surface area (Å²) in [5.74, 6) is -0.219. The van der Waals surface area contributed by atoms with Crippen molar-refractivity contribution in [2.75, 3.05) is 19.6 Å². The lowest BCUT2D eigenvalue weighted by Gasteiger charge is -2.29. The van der Waals surface area contributed by atoms with Crippen molar-refractivity contribution in [2.24, 2.45) is 5.73 Å². The summed E-state index contributed by atoms with van der Waals surface area (Å²) < 4.78 is 19.4. The van der Waals surface area contributed by atoms with Crippen molar-refractivity contribution in [2.45, 2.75) is 39.2 Å². The summed E-state index contributed by atoms with van der Waals surface area (Å²) in [5, 5.41) is 0. The molecule has 2 N–H and O–H groups in total. The average Bonchev–Trinajstić information content (AvgIpc) is 2.48. The number of halogens is 1. The van der Waals surface area contributed by atoms with Gasteiger partial charge in [-0.05, 0) is 62.9 Å². The number of amides is 1. The van der Waals surface area contributed by atoms with Crippen molar-refractivity contribution in [1.29, 1.82) is 0 Å². The highest BCUT2D eigenvalue weighted by atomic mass is 19.1. The second kappa shape index (κ2) is 7.13. The zero-order valence-corrected chi connectivity index (χ0v) is 14.1. The summed E-state index contributed by atoms with van der Waals surface area (Å²) in [6, 6.07) is 5.27. The van der Waals surface area contributed by atoms with Crippen LogP contribution in [0.3, 0.4) is 0 Å². The molecule has 0 fully saturated rings. The quantitative estimate of drug-likeness (QED) is 0.929. The van der Waals surface area contributed by atoms with Gasteiger partial charge in [-0.3, -0.25) is 0 Å². The van der Waals surface area contributed by atoms with Crippen LogP contribution in [0.4, 0.5) is 9.18 Å². The SMILES string of the molecule is CC(C)(C)OC(=O)N1CC=C(c2ccc(CCN)c(F)c2)CC1. The van der Waals surface area contributed by atoms with E-state index in [0.717, 1.165) is 11.1 Å². The van der Waals surface area contributed by atoms with Crippen molar-refractivity contribution in [3.8, 4) is 0 Å². The minimum Gasteiger partial charge on any atom is -0.444 e. The first kappa shape index (κ1) is 17.5. The molecule has 4 nitrogen and oxygen atoms in total. The van der Waals surface area contributed by atoms with Crippen LogP contribution in [0, 0.1) is 5.82 Å². The number of nitrogens with zero attached hydrogens (tertiary/aromatic N) is 1. The maximum atomic E-state index is 14.0. The number of benzene rings is 1. The van der Waals surface area contributed by atoms with Crippen LogP contribution in [0.1, 0.15) is 38.3 Å². The first-order valence-corrected chi connectivity index (χ1v) is 7.96. The van der Waals surface area contributed by atoms with E-state index < -0.39 is 5.60 Å². The smallest absolute Gasteiger partial charge is 0.410 e. The van der Waals surface area contributed by atoms with Crippen LogP contribution in [-0.4, -0.2) is 36.2 Å². The first-order valence-electron chi connectivity index (χ1n) is 7.96.